The number of hydrogen-bond donors (Lipinski definition) is 4. The lowest BCUT2D eigenvalue weighted by molar-refractivity contribution is -0.0512. The first-order valence-electron chi connectivity index (χ1n) is 2.27. The van der Waals surface area contributed by atoms with E-state index in [-0.39, 0.29) is 0 Å². The zero-order valence-corrected chi connectivity index (χ0v) is 7.32. The number of halogens is 3. The lowest BCUT2D eigenvalue weighted by atomic mass is 11.6. The molecule has 0 aromatic heterocycles. The number of rotatable bonds is 2. The van der Waals surface area contributed by atoms with E-state index in [9.17, 15) is 13.2 Å². The van der Waals surface area contributed by atoms with E-state index in [1.807, 2.05) is 0 Å². The molecule has 0 rings (SSSR count). The van der Waals surface area contributed by atoms with Gasteiger partial charge < -0.3 is 22.3 Å². The second kappa shape index (κ2) is 3.21. The third kappa shape index (κ3) is 3.80. The van der Waals surface area contributed by atoms with Crippen molar-refractivity contribution in [2.75, 3.05) is 6.26 Å². The van der Waals surface area contributed by atoms with Crippen LogP contribution in [0.1, 0.15) is 0 Å². The Morgan fingerprint density at radius 1 is 1.08 bits per heavy atom. The van der Waals surface area contributed by atoms with Crippen LogP contribution in [0.15, 0.2) is 0 Å². The van der Waals surface area contributed by atoms with Gasteiger partial charge in [0.05, 0.1) is 0 Å². The fourth-order valence-electron chi connectivity index (χ4n) is 0.239. The van der Waals surface area contributed by atoms with Crippen molar-refractivity contribution in [3.63, 3.8) is 0 Å². The van der Waals surface area contributed by atoms with Crippen LogP contribution in [-0.4, -0.2) is 30.0 Å². The van der Waals surface area contributed by atoms with Gasteiger partial charge in [0.2, 0.25) is 0 Å². The number of hydrogen-bond acceptors (Lipinski definition) is 4. The molecule has 0 aliphatic heterocycles. The van der Waals surface area contributed by atoms with Crippen LogP contribution in [-0.2, 0) is 0 Å². The maximum absolute atomic E-state index is 11.6. The standard InChI is InChI=1S/C2H7F3NO4S2/c1-11(7,8)6-12(9,10)2(3,4)5/h7-10H,1H3/q-1. The predicted octanol–water partition coefficient (Wildman–Crippen LogP) is 2.84. The molecule has 0 atom stereocenters. The Bertz CT molecular complexity index is 165. The Hall–Kier alpha value is 0.290. The van der Waals surface area contributed by atoms with E-state index in [2.05, 4.69) is 4.13 Å². The van der Waals surface area contributed by atoms with Gasteiger partial charge in [0, 0.05) is 6.26 Å². The molecule has 0 radical (unpaired) electrons. The van der Waals surface area contributed by atoms with Crippen LogP contribution in [0.25, 0.3) is 4.13 Å². The summed E-state index contributed by atoms with van der Waals surface area (Å²) in [4.78, 5) is 0. The quantitative estimate of drug-likeness (QED) is 0.586. The van der Waals surface area contributed by atoms with Gasteiger partial charge in [-0.2, -0.15) is 23.9 Å². The Labute approximate surface area is 69.6 Å². The van der Waals surface area contributed by atoms with Crippen molar-refractivity contribution < 1.29 is 31.4 Å². The molecule has 0 fully saturated rings. The molecule has 0 saturated heterocycles. The smallest absolute Gasteiger partial charge is 0.435 e. The van der Waals surface area contributed by atoms with E-state index in [1.54, 1.807) is 0 Å². The van der Waals surface area contributed by atoms with E-state index in [1.165, 1.54) is 0 Å². The van der Waals surface area contributed by atoms with Crippen molar-refractivity contribution in [1.29, 1.82) is 0 Å². The van der Waals surface area contributed by atoms with Gasteiger partial charge in [0.1, 0.15) is 0 Å². The SMILES string of the molecule is CS(O)(O)[N-]S(O)(O)C(F)(F)F. The van der Waals surface area contributed by atoms with Crippen molar-refractivity contribution in [3.05, 3.63) is 4.13 Å². The molecule has 5 nitrogen and oxygen atoms in total. The summed E-state index contributed by atoms with van der Waals surface area (Å²) in [6.07, 6.45) is 0.549. The van der Waals surface area contributed by atoms with Gasteiger partial charge in [-0.05, 0) is 0 Å². The summed E-state index contributed by atoms with van der Waals surface area (Å²) < 4.78 is 70.1. The zero-order chi connectivity index (χ0) is 10.2. The molecule has 12 heavy (non-hydrogen) atoms. The van der Waals surface area contributed by atoms with Gasteiger partial charge in [-0.25, -0.2) is 0 Å². The molecule has 0 aromatic rings. The summed E-state index contributed by atoms with van der Waals surface area (Å²) in [7, 11) is -9.22. The monoisotopic (exact) mass is 230 g/mol. The average molecular weight is 230 g/mol. The number of nitrogens with zero attached hydrogens (tertiary/aromatic N) is 1. The molecule has 0 aromatic carbocycles. The Kier molecular flexibility index (Phi) is 3.29. The third-order valence-electron chi connectivity index (χ3n) is 0.556. The lowest BCUT2D eigenvalue weighted by Gasteiger charge is -2.54. The minimum atomic E-state index is -5.37. The predicted molar refractivity (Wildman–Crippen MR) is 41.0 cm³/mol. The number of alkyl halides is 3. The molecule has 78 valence electrons. The summed E-state index contributed by atoms with van der Waals surface area (Å²) in [5.41, 5.74) is -5.37. The van der Waals surface area contributed by atoms with Crippen molar-refractivity contribution in [2.24, 2.45) is 0 Å². The molecule has 0 saturated carbocycles. The fraction of sp³-hybridized carbons (Fsp3) is 1.00. The second-order valence-corrected chi connectivity index (χ2v) is 5.51. The zero-order valence-electron chi connectivity index (χ0n) is 5.69. The molecular formula is C2H7F3NO4S2-. The topological polar surface area (TPSA) is 95.0 Å². The first-order valence-corrected chi connectivity index (χ1v) is 5.69. The molecule has 0 unspecified atom stereocenters. The van der Waals surface area contributed by atoms with Gasteiger partial charge in [-0.3, -0.25) is 10.8 Å². The molecule has 0 spiro atoms. The van der Waals surface area contributed by atoms with Crippen molar-refractivity contribution in [3.8, 4) is 0 Å². The van der Waals surface area contributed by atoms with Gasteiger partial charge in [-0.15, -0.1) is 0 Å². The van der Waals surface area contributed by atoms with Crippen LogP contribution in [0.2, 0.25) is 0 Å². The summed E-state index contributed by atoms with van der Waals surface area (Å²) >= 11 is 0. The molecule has 0 aliphatic carbocycles. The summed E-state index contributed by atoms with van der Waals surface area (Å²) in [6, 6.07) is 0. The van der Waals surface area contributed by atoms with Crippen LogP contribution < -0.4 is 0 Å². The Balaban J connectivity index is 4.44. The van der Waals surface area contributed by atoms with E-state index in [0.29, 0.717) is 6.26 Å². The van der Waals surface area contributed by atoms with Crippen LogP contribution in [0.5, 0.6) is 0 Å². The minimum Gasteiger partial charge on any atom is -0.435 e. The largest absolute Gasteiger partial charge is 0.481 e. The van der Waals surface area contributed by atoms with Crippen molar-refractivity contribution >= 4 is 21.6 Å². The molecule has 0 amide bonds. The molecule has 0 aliphatic rings. The normalized spacial score (nSPS) is 17.7. The molecule has 4 N–H and O–H groups in total. The highest BCUT2D eigenvalue weighted by atomic mass is 32.3. The average Bonchev–Trinajstić information content (AvgIpc) is 1.52. The first kappa shape index (κ1) is 12.3. The molecular weight excluding hydrogens is 223 g/mol. The lowest BCUT2D eigenvalue weighted by Crippen LogP contribution is -2.19. The third-order valence-corrected chi connectivity index (χ3v) is 3.14. The van der Waals surface area contributed by atoms with E-state index in [0.717, 1.165) is 0 Å². The Morgan fingerprint density at radius 3 is 1.50 bits per heavy atom. The van der Waals surface area contributed by atoms with Crippen LogP contribution in [0, 0.1) is 0 Å². The van der Waals surface area contributed by atoms with Crippen molar-refractivity contribution in [2.45, 2.75) is 5.51 Å². The first-order chi connectivity index (χ1) is 4.96. The van der Waals surface area contributed by atoms with Crippen LogP contribution in [0.4, 0.5) is 13.2 Å². The summed E-state index contributed by atoms with van der Waals surface area (Å²) in [5, 5.41) is 0. The van der Waals surface area contributed by atoms with Gasteiger partial charge >= 0.3 is 5.51 Å². The summed E-state index contributed by atoms with van der Waals surface area (Å²) in [6.45, 7) is 0. The maximum atomic E-state index is 11.6. The van der Waals surface area contributed by atoms with Gasteiger partial charge in [-0.1, -0.05) is 0 Å². The molecule has 10 heteroatoms. The second-order valence-electron chi connectivity index (χ2n) is 1.83. The van der Waals surface area contributed by atoms with Crippen LogP contribution >= 0.6 is 21.6 Å². The van der Waals surface area contributed by atoms with E-state index in [4.69, 9.17) is 18.2 Å². The molecule has 0 heterocycles. The minimum absolute atomic E-state index is 0.549. The van der Waals surface area contributed by atoms with Gasteiger partial charge in [0.25, 0.3) is 0 Å². The highest BCUT2D eigenvalue weighted by molar-refractivity contribution is 8.43. The Morgan fingerprint density at radius 2 is 1.42 bits per heavy atom. The maximum Gasteiger partial charge on any atom is 0.481 e. The fourth-order valence-corrected chi connectivity index (χ4v) is 2.15. The summed E-state index contributed by atoms with van der Waals surface area (Å²) in [5.74, 6) is 0. The van der Waals surface area contributed by atoms with Crippen molar-refractivity contribution in [1.82, 2.24) is 0 Å². The van der Waals surface area contributed by atoms with Crippen LogP contribution in [0.3, 0.4) is 0 Å². The highest BCUT2D eigenvalue weighted by Gasteiger charge is 2.40. The van der Waals surface area contributed by atoms with E-state index < -0.39 is 27.1 Å². The highest BCUT2D eigenvalue weighted by Crippen LogP contribution is 2.68. The van der Waals surface area contributed by atoms with Gasteiger partial charge in [0.15, 0.2) is 0 Å². The molecule has 0 bridgehead atoms. The van der Waals surface area contributed by atoms with E-state index >= 15 is 0 Å².